The van der Waals surface area contributed by atoms with Crippen LogP contribution in [0.5, 0.6) is 5.75 Å². The number of hydrogen-bond acceptors (Lipinski definition) is 5. The normalized spacial score (nSPS) is 26.7. The summed E-state index contributed by atoms with van der Waals surface area (Å²) >= 11 is 0. The van der Waals surface area contributed by atoms with Gasteiger partial charge in [0.25, 0.3) is 0 Å². The van der Waals surface area contributed by atoms with Gasteiger partial charge in [-0.05, 0) is 31.0 Å². The summed E-state index contributed by atoms with van der Waals surface area (Å²) in [5.74, 6) is 0.278. The van der Waals surface area contributed by atoms with Crippen LogP contribution in [0.15, 0.2) is 42.5 Å². The van der Waals surface area contributed by atoms with Gasteiger partial charge in [-0.2, -0.15) is 0 Å². The molecule has 2 fully saturated rings. The van der Waals surface area contributed by atoms with Crippen LogP contribution in [0, 0.1) is 19.8 Å². The summed E-state index contributed by atoms with van der Waals surface area (Å²) in [5, 5.41) is 10.6. The summed E-state index contributed by atoms with van der Waals surface area (Å²) in [6, 6.07) is 13.4. The predicted octanol–water partition coefficient (Wildman–Crippen LogP) is 2.37. The number of phenolic OH excluding ortho intramolecular Hbond substituents is 1. The topological polar surface area (TPSA) is 73.8 Å². The van der Waals surface area contributed by atoms with Crippen LogP contribution in [0.25, 0.3) is 0 Å². The number of carbonyl (C=O) groups is 1. The maximum atomic E-state index is 13.2. The minimum atomic E-state index is -0.339. The second kappa shape index (κ2) is 7.54. The quantitative estimate of drug-likeness (QED) is 0.742. The number of phenols is 1. The van der Waals surface area contributed by atoms with Crippen molar-refractivity contribution in [3.05, 3.63) is 64.7 Å². The van der Waals surface area contributed by atoms with Gasteiger partial charge in [0.05, 0.1) is 18.7 Å². The molecule has 0 aromatic heterocycles. The van der Waals surface area contributed by atoms with Gasteiger partial charge >= 0.3 is 0 Å². The number of nitrogens with zero attached hydrogens (tertiary/aromatic N) is 1. The lowest BCUT2D eigenvalue weighted by atomic mass is 9.83. The number of benzene rings is 2. The fourth-order valence-electron chi connectivity index (χ4n) is 4.49. The zero-order chi connectivity index (χ0) is 19.8. The van der Waals surface area contributed by atoms with E-state index in [1.165, 1.54) is 5.56 Å². The van der Waals surface area contributed by atoms with Crippen LogP contribution < -0.4 is 10.9 Å². The van der Waals surface area contributed by atoms with Crippen molar-refractivity contribution in [2.24, 2.45) is 5.92 Å². The number of hydrogen-bond donors (Lipinski definition) is 3. The van der Waals surface area contributed by atoms with E-state index >= 15 is 0 Å². The Hall–Kier alpha value is -2.41. The smallest absolute Gasteiger partial charge is 0.242 e. The van der Waals surface area contributed by atoms with E-state index in [1.807, 2.05) is 24.0 Å². The van der Waals surface area contributed by atoms with Crippen molar-refractivity contribution in [1.29, 1.82) is 0 Å². The lowest BCUT2D eigenvalue weighted by Gasteiger charge is -2.31. The summed E-state index contributed by atoms with van der Waals surface area (Å²) < 4.78 is 5.25. The molecule has 6 heteroatoms. The molecular formula is C22H27N3O3. The van der Waals surface area contributed by atoms with Crippen LogP contribution in [-0.4, -0.2) is 42.2 Å². The van der Waals surface area contributed by atoms with E-state index in [9.17, 15) is 9.90 Å². The summed E-state index contributed by atoms with van der Waals surface area (Å²) in [6.07, 6.45) is 0. The number of fused-ring (bicyclic) bond motifs is 1. The Morgan fingerprint density at radius 1 is 1.04 bits per heavy atom. The highest BCUT2D eigenvalue weighted by Crippen LogP contribution is 2.48. The van der Waals surface area contributed by atoms with Gasteiger partial charge in [0, 0.05) is 25.1 Å². The summed E-state index contributed by atoms with van der Waals surface area (Å²) in [6.45, 7) is 5.03. The maximum Gasteiger partial charge on any atom is 0.242 e. The number of methoxy groups -OCH3 is 1. The number of nitrogens with one attached hydrogen (secondary N) is 2. The number of ether oxygens (including phenoxy) is 1. The molecule has 2 aromatic rings. The Morgan fingerprint density at radius 2 is 1.71 bits per heavy atom. The molecule has 28 heavy (non-hydrogen) atoms. The highest BCUT2D eigenvalue weighted by molar-refractivity contribution is 5.86. The zero-order valence-electron chi connectivity index (χ0n) is 16.5. The van der Waals surface area contributed by atoms with Gasteiger partial charge in [-0.15, -0.1) is 0 Å². The Bertz CT molecular complexity index is 868. The first-order chi connectivity index (χ1) is 13.5. The van der Waals surface area contributed by atoms with Gasteiger partial charge in [0.15, 0.2) is 0 Å². The van der Waals surface area contributed by atoms with Crippen LogP contribution in [0.1, 0.15) is 34.3 Å². The molecule has 4 rings (SSSR count). The number of hydrazine groups is 1. The Kier molecular flexibility index (Phi) is 5.10. The van der Waals surface area contributed by atoms with Gasteiger partial charge in [0.2, 0.25) is 5.91 Å². The molecule has 148 valence electrons. The molecule has 2 aliphatic rings. The van der Waals surface area contributed by atoms with Gasteiger partial charge in [-0.3, -0.25) is 4.79 Å². The van der Waals surface area contributed by atoms with Crippen LogP contribution in [-0.2, 0) is 9.53 Å². The van der Waals surface area contributed by atoms with Crippen molar-refractivity contribution in [3.8, 4) is 5.75 Å². The van der Waals surface area contributed by atoms with Gasteiger partial charge in [0.1, 0.15) is 11.8 Å². The molecule has 4 unspecified atom stereocenters. The van der Waals surface area contributed by atoms with Crippen LogP contribution in [0.3, 0.4) is 0 Å². The molecule has 0 radical (unpaired) electrons. The second-order valence-corrected chi connectivity index (χ2v) is 7.76. The first-order valence-corrected chi connectivity index (χ1v) is 9.68. The average Bonchev–Trinajstić information content (AvgIpc) is 3.20. The van der Waals surface area contributed by atoms with E-state index in [0.29, 0.717) is 13.2 Å². The minimum Gasteiger partial charge on any atom is -0.508 e. The van der Waals surface area contributed by atoms with Gasteiger partial charge in [-0.1, -0.05) is 42.0 Å². The SMILES string of the molecule is COCCN1C(=O)C2NNC(c3ccc(C)cc3O)C2C1c1ccc(C)cc1. The number of aryl methyl sites for hydroxylation is 2. The number of carbonyl (C=O) groups excluding carboxylic acids is 1. The van der Waals surface area contributed by atoms with Crippen molar-refractivity contribution in [2.45, 2.75) is 32.0 Å². The lowest BCUT2D eigenvalue weighted by molar-refractivity contribution is -0.131. The number of aromatic hydroxyl groups is 1. The highest BCUT2D eigenvalue weighted by atomic mass is 16.5. The monoisotopic (exact) mass is 381 g/mol. The molecule has 6 nitrogen and oxygen atoms in total. The van der Waals surface area contributed by atoms with E-state index in [2.05, 4.69) is 42.0 Å². The third kappa shape index (κ3) is 3.17. The molecule has 0 spiro atoms. The molecule has 3 N–H and O–H groups in total. The second-order valence-electron chi connectivity index (χ2n) is 7.76. The number of amides is 1. The summed E-state index contributed by atoms with van der Waals surface area (Å²) in [4.78, 5) is 15.1. The fourth-order valence-corrected chi connectivity index (χ4v) is 4.49. The van der Waals surface area contributed by atoms with E-state index in [4.69, 9.17) is 4.74 Å². The summed E-state index contributed by atoms with van der Waals surface area (Å²) in [7, 11) is 1.65. The van der Waals surface area contributed by atoms with Crippen molar-refractivity contribution < 1.29 is 14.6 Å². The fraction of sp³-hybridized carbons (Fsp3) is 0.409. The van der Waals surface area contributed by atoms with Crippen molar-refractivity contribution in [2.75, 3.05) is 20.3 Å². The molecule has 1 amide bonds. The molecule has 0 aliphatic carbocycles. The molecule has 2 aliphatic heterocycles. The third-order valence-corrected chi connectivity index (χ3v) is 5.89. The molecule has 4 atom stereocenters. The molecule has 0 saturated carbocycles. The van der Waals surface area contributed by atoms with Crippen molar-refractivity contribution >= 4 is 5.91 Å². The molecule has 0 bridgehead atoms. The molecule has 2 saturated heterocycles. The van der Waals surface area contributed by atoms with Crippen LogP contribution in [0.2, 0.25) is 0 Å². The standard InChI is InChI=1S/C22H27N3O3/c1-13-4-7-15(8-5-13)21-18-19(16-9-6-14(2)12-17(16)26)23-24-20(18)22(27)25(21)10-11-28-3/h4-9,12,18-21,23-24,26H,10-11H2,1-3H3. The highest BCUT2D eigenvalue weighted by Gasteiger charge is 2.55. The van der Waals surface area contributed by atoms with E-state index in [0.717, 1.165) is 16.7 Å². The average molecular weight is 381 g/mol. The van der Waals surface area contributed by atoms with E-state index < -0.39 is 0 Å². The van der Waals surface area contributed by atoms with Crippen LogP contribution >= 0.6 is 0 Å². The molecular weight excluding hydrogens is 354 g/mol. The van der Waals surface area contributed by atoms with Gasteiger partial charge in [-0.25, -0.2) is 10.9 Å². The Labute approximate surface area is 165 Å². The Balaban J connectivity index is 1.76. The number of rotatable bonds is 5. The zero-order valence-corrected chi connectivity index (χ0v) is 16.5. The van der Waals surface area contributed by atoms with Crippen LogP contribution in [0.4, 0.5) is 0 Å². The third-order valence-electron chi connectivity index (χ3n) is 5.89. The minimum absolute atomic E-state index is 0.0410. The molecule has 2 aromatic carbocycles. The maximum absolute atomic E-state index is 13.2. The lowest BCUT2D eigenvalue weighted by Crippen LogP contribution is -2.42. The van der Waals surface area contributed by atoms with Crippen molar-refractivity contribution in [1.82, 2.24) is 15.8 Å². The van der Waals surface area contributed by atoms with E-state index in [-0.39, 0.29) is 35.7 Å². The first-order valence-electron chi connectivity index (χ1n) is 9.68. The van der Waals surface area contributed by atoms with Crippen molar-refractivity contribution in [3.63, 3.8) is 0 Å². The first kappa shape index (κ1) is 18.9. The Morgan fingerprint density at radius 3 is 2.39 bits per heavy atom. The predicted molar refractivity (Wildman–Crippen MR) is 107 cm³/mol. The van der Waals surface area contributed by atoms with E-state index in [1.54, 1.807) is 13.2 Å². The molecule has 2 heterocycles. The number of likely N-dealkylation sites (tertiary alicyclic amines) is 1. The largest absolute Gasteiger partial charge is 0.508 e. The van der Waals surface area contributed by atoms with Gasteiger partial charge < -0.3 is 14.7 Å². The summed E-state index contributed by atoms with van der Waals surface area (Å²) in [5.41, 5.74) is 10.5.